The molecule has 0 bridgehead atoms. The van der Waals surface area contributed by atoms with Crippen molar-refractivity contribution in [3.63, 3.8) is 0 Å². The number of phenols is 4. The van der Waals surface area contributed by atoms with Crippen LogP contribution in [0.4, 0.5) is 0 Å². The van der Waals surface area contributed by atoms with Crippen LogP contribution < -0.4 is 5.43 Å². The fourth-order valence-electron chi connectivity index (χ4n) is 4.92. The van der Waals surface area contributed by atoms with Crippen LogP contribution in [0.25, 0.3) is 22.3 Å². The number of phenolic OH excluding ortho intramolecular Hbond substituents is 4. The molecule has 0 amide bonds. The molecule has 1 aromatic heterocycles. The second kappa shape index (κ2) is 11.1. The lowest BCUT2D eigenvalue weighted by Crippen LogP contribution is -2.56. The quantitative estimate of drug-likeness (QED) is 0.145. The SMILES string of the molecule is O=c1cc(-c2ccc(O)c(O)c2)oc2cc(O)c([C@@H]3O[C@H](CO[C@@H]4O[C@H](CO)[C@@H](O)[C@@H]4O)[C@@H](O)[C@H](O)[C@H]3O)c(O)c12. The molecule has 15 nitrogen and oxygen atoms in total. The van der Waals surface area contributed by atoms with Crippen molar-refractivity contribution in [1.29, 1.82) is 0 Å². The van der Waals surface area contributed by atoms with Gasteiger partial charge in [-0.15, -0.1) is 0 Å². The second-order valence-electron chi connectivity index (χ2n) is 9.82. The number of aliphatic hydroxyl groups is 6. The molecule has 2 saturated heterocycles. The van der Waals surface area contributed by atoms with Gasteiger partial charge >= 0.3 is 0 Å². The van der Waals surface area contributed by atoms with Gasteiger partial charge in [0.05, 0.1) is 18.8 Å². The van der Waals surface area contributed by atoms with Crippen LogP contribution in [0.1, 0.15) is 11.7 Å². The summed E-state index contributed by atoms with van der Waals surface area (Å²) in [6, 6.07) is 5.61. The number of benzene rings is 2. The lowest BCUT2D eigenvalue weighted by atomic mass is 9.89. The second-order valence-corrected chi connectivity index (χ2v) is 9.82. The Kier molecular flexibility index (Phi) is 7.82. The maximum atomic E-state index is 13.0. The number of hydrogen-bond acceptors (Lipinski definition) is 15. The largest absolute Gasteiger partial charge is 0.507 e. The Morgan fingerprint density at radius 2 is 1.46 bits per heavy atom. The third-order valence-corrected chi connectivity index (χ3v) is 7.19. The van der Waals surface area contributed by atoms with Gasteiger partial charge in [-0.25, -0.2) is 0 Å². The van der Waals surface area contributed by atoms with Crippen LogP contribution in [0.15, 0.2) is 39.5 Å². The third-order valence-electron chi connectivity index (χ3n) is 7.19. The summed E-state index contributed by atoms with van der Waals surface area (Å²) >= 11 is 0. The highest BCUT2D eigenvalue weighted by Gasteiger charge is 2.48. The van der Waals surface area contributed by atoms with E-state index in [1.54, 1.807) is 0 Å². The first-order valence-corrected chi connectivity index (χ1v) is 12.4. The van der Waals surface area contributed by atoms with Crippen molar-refractivity contribution in [3.8, 4) is 34.3 Å². The number of hydrogen-bond donors (Lipinski definition) is 10. The molecule has 0 radical (unpaired) electrons. The van der Waals surface area contributed by atoms with E-state index in [0.29, 0.717) is 0 Å². The van der Waals surface area contributed by atoms with E-state index < -0.39 is 108 Å². The first-order valence-electron chi connectivity index (χ1n) is 12.4. The van der Waals surface area contributed by atoms with E-state index in [1.807, 2.05) is 0 Å². The Morgan fingerprint density at radius 1 is 0.756 bits per heavy atom. The van der Waals surface area contributed by atoms with Crippen molar-refractivity contribution in [2.45, 2.75) is 55.1 Å². The summed E-state index contributed by atoms with van der Waals surface area (Å²) in [6.45, 7) is -1.19. The minimum atomic E-state index is -1.91. The molecule has 9 atom stereocenters. The summed E-state index contributed by atoms with van der Waals surface area (Å²) in [5.74, 6) is -2.51. The number of aliphatic hydroxyl groups excluding tert-OH is 6. The van der Waals surface area contributed by atoms with Crippen LogP contribution in [0, 0.1) is 0 Å². The van der Waals surface area contributed by atoms with Crippen LogP contribution in [-0.4, -0.2) is 113 Å². The van der Waals surface area contributed by atoms with Crippen LogP contribution in [0.3, 0.4) is 0 Å². The van der Waals surface area contributed by atoms with Gasteiger partial charge in [-0.05, 0) is 18.2 Å². The predicted octanol–water partition coefficient (Wildman–Crippen LogP) is -1.74. The number of rotatable bonds is 6. The molecule has 222 valence electrons. The van der Waals surface area contributed by atoms with E-state index in [1.165, 1.54) is 12.1 Å². The Hall–Kier alpha value is -3.51. The van der Waals surface area contributed by atoms with E-state index in [-0.39, 0.29) is 16.9 Å². The summed E-state index contributed by atoms with van der Waals surface area (Å²) in [7, 11) is 0. The Bertz CT molecular complexity index is 1490. The highest BCUT2D eigenvalue weighted by atomic mass is 16.7. The molecule has 10 N–H and O–H groups in total. The van der Waals surface area contributed by atoms with E-state index in [4.69, 9.17) is 18.6 Å². The molecule has 0 unspecified atom stereocenters. The highest BCUT2D eigenvalue weighted by molar-refractivity contribution is 5.88. The Balaban J connectivity index is 1.46. The molecule has 2 aliphatic rings. The zero-order valence-corrected chi connectivity index (χ0v) is 21.0. The van der Waals surface area contributed by atoms with Crippen molar-refractivity contribution in [2.75, 3.05) is 13.2 Å². The molecular weight excluding hydrogens is 552 g/mol. The predicted molar refractivity (Wildman–Crippen MR) is 134 cm³/mol. The molecule has 3 aromatic rings. The van der Waals surface area contributed by atoms with Crippen LogP contribution in [0.5, 0.6) is 23.0 Å². The standard InChI is InChI=1S/C26H28O15/c27-6-15-19(32)24(37)26(41-15)38-7-16-20(33)22(35)23(36)25(40-16)18-12(31)5-14-17(21(18)34)11(30)4-13(39-14)8-1-2-9(28)10(29)3-8/h1-5,15-16,19-20,22-29,31-37H,6-7H2/t15-,16-,19-,20-,22+,23-,24+,25+,26-/m1/s1. The molecule has 15 heteroatoms. The van der Waals surface area contributed by atoms with Gasteiger partial charge < -0.3 is 69.7 Å². The number of ether oxygens (including phenoxy) is 3. The lowest BCUT2D eigenvalue weighted by Gasteiger charge is -2.41. The molecule has 0 saturated carbocycles. The average Bonchev–Trinajstić information content (AvgIpc) is 3.21. The topological polar surface area (TPSA) is 260 Å². The van der Waals surface area contributed by atoms with Gasteiger partial charge in [0, 0.05) is 17.7 Å². The smallest absolute Gasteiger partial charge is 0.197 e. The van der Waals surface area contributed by atoms with Crippen LogP contribution in [-0.2, 0) is 14.2 Å². The van der Waals surface area contributed by atoms with E-state index in [2.05, 4.69) is 0 Å². The van der Waals surface area contributed by atoms with Gasteiger partial charge in [-0.1, -0.05) is 0 Å². The fraction of sp³-hybridized carbons (Fsp3) is 0.423. The van der Waals surface area contributed by atoms with Gasteiger partial charge in [-0.2, -0.15) is 0 Å². The van der Waals surface area contributed by atoms with Gasteiger partial charge in [0.2, 0.25) is 0 Å². The average molecular weight is 580 g/mol. The van der Waals surface area contributed by atoms with Crippen LogP contribution in [0.2, 0.25) is 0 Å². The third kappa shape index (κ3) is 5.07. The summed E-state index contributed by atoms with van der Waals surface area (Å²) in [5.41, 5.74) is -1.38. The molecule has 2 fully saturated rings. The monoisotopic (exact) mass is 580 g/mol. The molecular formula is C26H28O15. The van der Waals surface area contributed by atoms with Crippen LogP contribution >= 0.6 is 0 Å². The van der Waals surface area contributed by atoms with Crippen molar-refractivity contribution >= 4 is 11.0 Å². The first-order chi connectivity index (χ1) is 19.4. The van der Waals surface area contributed by atoms with Gasteiger partial charge in [-0.3, -0.25) is 4.79 Å². The summed E-state index contributed by atoms with van der Waals surface area (Å²) in [6.07, 6.45) is -14.3. The maximum absolute atomic E-state index is 13.0. The van der Waals surface area contributed by atoms with Crippen molar-refractivity contribution < 1.29 is 69.7 Å². The molecule has 2 aliphatic heterocycles. The minimum absolute atomic E-state index is 0.0704. The Labute approximate surface area is 229 Å². The van der Waals surface area contributed by atoms with Crippen molar-refractivity contribution in [2.24, 2.45) is 0 Å². The summed E-state index contributed by atoms with van der Waals surface area (Å²) in [5, 5.41) is 101. The lowest BCUT2D eigenvalue weighted by molar-refractivity contribution is -0.254. The van der Waals surface area contributed by atoms with E-state index in [0.717, 1.165) is 18.2 Å². The van der Waals surface area contributed by atoms with Crippen molar-refractivity contribution in [3.05, 3.63) is 46.1 Å². The van der Waals surface area contributed by atoms with Gasteiger partial charge in [0.25, 0.3) is 0 Å². The molecule has 2 aromatic carbocycles. The summed E-state index contributed by atoms with van der Waals surface area (Å²) in [4.78, 5) is 13.0. The fourth-order valence-corrected chi connectivity index (χ4v) is 4.92. The van der Waals surface area contributed by atoms with Gasteiger partial charge in [0.15, 0.2) is 23.2 Å². The van der Waals surface area contributed by atoms with Crippen molar-refractivity contribution in [1.82, 2.24) is 0 Å². The first kappa shape index (κ1) is 29.0. The number of aromatic hydroxyl groups is 4. The maximum Gasteiger partial charge on any atom is 0.197 e. The normalized spacial score (nSPS) is 32.0. The summed E-state index contributed by atoms with van der Waals surface area (Å²) < 4.78 is 21.9. The molecule has 3 heterocycles. The molecule has 5 rings (SSSR count). The molecule has 0 spiro atoms. The van der Waals surface area contributed by atoms with E-state index >= 15 is 0 Å². The molecule has 0 aliphatic carbocycles. The highest BCUT2D eigenvalue weighted by Crippen LogP contribution is 2.45. The number of fused-ring (bicyclic) bond motifs is 1. The zero-order valence-electron chi connectivity index (χ0n) is 21.0. The van der Waals surface area contributed by atoms with E-state index in [9.17, 15) is 55.9 Å². The molecule has 41 heavy (non-hydrogen) atoms. The zero-order chi connectivity index (χ0) is 29.7. The Morgan fingerprint density at radius 3 is 2.12 bits per heavy atom. The minimum Gasteiger partial charge on any atom is -0.507 e. The van der Waals surface area contributed by atoms with Gasteiger partial charge in [0.1, 0.15) is 77.1 Å².